The fourth-order valence-corrected chi connectivity index (χ4v) is 5.98. The molecule has 1 saturated heterocycles. The number of hydrogen-bond acceptors (Lipinski definition) is 7. The van der Waals surface area contributed by atoms with Crippen LogP contribution in [0.5, 0.6) is 0 Å². The molecule has 0 saturated carbocycles. The number of rotatable bonds is 9. The number of hydrogen-bond donors (Lipinski definition) is 0. The zero-order valence-corrected chi connectivity index (χ0v) is 22.9. The fourth-order valence-electron chi connectivity index (χ4n) is 5.34. The first-order valence-electron chi connectivity index (χ1n) is 12.2. The number of para-hydroxylation sites is 1. The Morgan fingerprint density at radius 3 is 2.63 bits per heavy atom. The van der Waals surface area contributed by atoms with Gasteiger partial charge in [0.1, 0.15) is 36.2 Å². The molecule has 38 heavy (non-hydrogen) atoms. The average Bonchev–Trinajstić information content (AvgIpc) is 3.46. The summed E-state index contributed by atoms with van der Waals surface area (Å²) in [6.07, 6.45) is 1.65. The summed E-state index contributed by atoms with van der Waals surface area (Å²) in [5.74, 6) is -1.57. The second kappa shape index (κ2) is 10.6. The molecule has 0 radical (unpaired) electrons. The smallest absolute Gasteiger partial charge is 0.457 e. The average molecular weight is 627 g/mol. The Kier molecular flexibility index (Phi) is 7.29. The number of ether oxygens (including phenoxy) is 3. The third-order valence-corrected chi connectivity index (χ3v) is 7.74. The number of halogens is 1. The van der Waals surface area contributed by atoms with Crippen molar-refractivity contribution in [2.45, 2.75) is 29.9 Å². The fraction of sp³-hybridized carbons (Fsp3) is 0.276. The van der Waals surface area contributed by atoms with Crippen LogP contribution in [0.15, 0.2) is 71.8 Å². The lowest BCUT2D eigenvalue weighted by atomic mass is 9.82. The van der Waals surface area contributed by atoms with E-state index in [-0.39, 0.29) is 30.9 Å². The van der Waals surface area contributed by atoms with Gasteiger partial charge in [0, 0.05) is 20.8 Å². The van der Waals surface area contributed by atoms with Crippen LogP contribution < -0.4 is 0 Å². The minimum Gasteiger partial charge on any atom is -0.457 e. The maximum atomic E-state index is 13.3. The Bertz CT molecular complexity index is 1500. The molecule has 0 bridgehead atoms. The molecule has 1 fully saturated rings. The second-order valence-corrected chi connectivity index (χ2v) is 9.86. The van der Waals surface area contributed by atoms with Crippen molar-refractivity contribution < 1.29 is 33.0 Å². The third kappa shape index (κ3) is 4.28. The summed E-state index contributed by atoms with van der Waals surface area (Å²) in [5, 5.41) is 1.97. The van der Waals surface area contributed by atoms with Crippen LogP contribution in [0.1, 0.15) is 24.5 Å². The summed E-state index contributed by atoms with van der Waals surface area (Å²) in [5.41, 5.74) is 4.12. The zero-order valence-electron chi connectivity index (χ0n) is 20.8. The van der Waals surface area contributed by atoms with Gasteiger partial charge in [0.2, 0.25) is 5.91 Å². The van der Waals surface area contributed by atoms with Crippen molar-refractivity contribution in [3.63, 3.8) is 0 Å². The van der Waals surface area contributed by atoms with Crippen LogP contribution in [-0.4, -0.2) is 48.3 Å². The Morgan fingerprint density at radius 1 is 1.16 bits per heavy atom. The lowest BCUT2D eigenvalue weighted by molar-refractivity contribution is -0.162. The van der Waals surface area contributed by atoms with Crippen molar-refractivity contribution >= 4 is 68.1 Å². The van der Waals surface area contributed by atoms with E-state index in [0.29, 0.717) is 17.6 Å². The molecule has 2 aliphatic rings. The Balaban J connectivity index is 1.56. The van der Waals surface area contributed by atoms with Gasteiger partial charge in [0.15, 0.2) is 0 Å². The molecule has 0 unspecified atom stereocenters. The molecule has 8 nitrogen and oxygen atoms in total. The largest absolute Gasteiger partial charge is 0.508 e. The molecule has 5 rings (SSSR count). The molecule has 0 aliphatic carbocycles. The molecular formula is C29H26INO7. The lowest BCUT2D eigenvalue weighted by Gasteiger charge is -2.45. The molecule has 196 valence electrons. The van der Waals surface area contributed by atoms with Crippen LogP contribution in [0.2, 0.25) is 0 Å². The van der Waals surface area contributed by atoms with Gasteiger partial charge in [-0.1, -0.05) is 78.2 Å². The first-order chi connectivity index (χ1) is 18.4. The summed E-state index contributed by atoms with van der Waals surface area (Å²) in [6.45, 7) is 8.77. The first kappa shape index (κ1) is 26.0. The topological polar surface area (TPSA) is 95.3 Å². The highest BCUT2D eigenvalue weighted by molar-refractivity contribution is 14.1. The number of β-lactam (4-membered cyclic amide) rings is 1. The molecule has 9 heteroatoms. The molecule has 1 amide bonds. The van der Waals surface area contributed by atoms with Crippen molar-refractivity contribution in [1.82, 2.24) is 4.90 Å². The van der Waals surface area contributed by atoms with Crippen LogP contribution >= 0.6 is 22.6 Å². The standard InChI is InChI=1S/C29H26INO7/c1-4-12-35-28(33)25-20(14-21-23(27(32)31(21)25)16(3)37-29(34)36-13-5-2)18-9-7-10-19-24-17(15-30)8-6-11-22(24)38-26(18)19/h4-11,16,21,23H,1-2,12-15H2,3H3/t16-,21-,23-/m1/s1. The molecular weight excluding hydrogens is 601 g/mol. The molecule has 0 N–H and O–H groups in total. The van der Waals surface area contributed by atoms with E-state index in [1.807, 2.05) is 30.3 Å². The lowest BCUT2D eigenvalue weighted by Crippen LogP contribution is -2.62. The van der Waals surface area contributed by atoms with Crippen LogP contribution in [0.25, 0.3) is 27.5 Å². The van der Waals surface area contributed by atoms with Crippen LogP contribution in [0.3, 0.4) is 0 Å². The number of carbonyl (C=O) groups is 3. The van der Waals surface area contributed by atoms with E-state index < -0.39 is 24.1 Å². The number of carbonyl (C=O) groups excluding carboxylic acids is 3. The summed E-state index contributed by atoms with van der Waals surface area (Å²) in [6, 6.07) is 11.4. The SMILES string of the molecule is C=CCOC(=O)O[C@H](C)[C@H]1C(=O)N2C(C(=O)OCC=C)=C(c3cccc4c3oc3cccc(CI)c34)C[C@H]12. The molecule has 3 atom stereocenters. The molecule has 2 aliphatic heterocycles. The van der Waals surface area contributed by atoms with E-state index >= 15 is 0 Å². The van der Waals surface area contributed by atoms with Gasteiger partial charge < -0.3 is 23.5 Å². The summed E-state index contributed by atoms with van der Waals surface area (Å²) < 4.78 is 22.8. The summed E-state index contributed by atoms with van der Waals surface area (Å²) in [7, 11) is 0. The number of amides is 1. The van der Waals surface area contributed by atoms with Crippen molar-refractivity contribution in [3.8, 4) is 0 Å². The van der Waals surface area contributed by atoms with Crippen molar-refractivity contribution in [2.24, 2.45) is 5.92 Å². The van der Waals surface area contributed by atoms with E-state index in [0.717, 1.165) is 31.9 Å². The monoisotopic (exact) mass is 627 g/mol. The number of fused-ring (bicyclic) bond motifs is 4. The van der Waals surface area contributed by atoms with Gasteiger partial charge in [-0.05, 0) is 30.5 Å². The highest BCUT2D eigenvalue weighted by Gasteiger charge is 2.58. The number of nitrogens with zero attached hydrogens (tertiary/aromatic N) is 1. The van der Waals surface area contributed by atoms with Crippen LogP contribution in [0, 0.1) is 5.92 Å². The number of benzene rings is 2. The highest BCUT2D eigenvalue weighted by Crippen LogP contribution is 2.49. The maximum Gasteiger partial charge on any atom is 0.508 e. The first-order valence-corrected chi connectivity index (χ1v) is 13.7. The number of furan rings is 1. The quantitative estimate of drug-likeness (QED) is 0.0956. The molecule has 3 heterocycles. The predicted octanol–water partition coefficient (Wildman–Crippen LogP) is 5.92. The minimum atomic E-state index is -0.876. The van der Waals surface area contributed by atoms with Crippen molar-refractivity contribution in [3.05, 3.63) is 78.5 Å². The van der Waals surface area contributed by atoms with Gasteiger partial charge >= 0.3 is 12.1 Å². The molecule has 2 aromatic carbocycles. The molecule has 1 aromatic heterocycles. The number of esters is 1. The highest BCUT2D eigenvalue weighted by atomic mass is 127. The molecule has 0 spiro atoms. The van der Waals surface area contributed by atoms with E-state index in [1.54, 1.807) is 6.92 Å². The van der Waals surface area contributed by atoms with Gasteiger partial charge in [0.05, 0.1) is 12.0 Å². The Hall–Kier alpha value is -3.60. The Labute approximate surface area is 233 Å². The van der Waals surface area contributed by atoms with Crippen molar-refractivity contribution in [1.29, 1.82) is 0 Å². The van der Waals surface area contributed by atoms with Gasteiger partial charge in [-0.25, -0.2) is 9.59 Å². The van der Waals surface area contributed by atoms with E-state index in [2.05, 4.69) is 41.8 Å². The van der Waals surface area contributed by atoms with E-state index in [1.165, 1.54) is 17.1 Å². The maximum absolute atomic E-state index is 13.3. The summed E-state index contributed by atoms with van der Waals surface area (Å²) in [4.78, 5) is 40.0. The van der Waals surface area contributed by atoms with Gasteiger partial charge in [-0.2, -0.15) is 0 Å². The van der Waals surface area contributed by atoms with Crippen molar-refractivity contribution in [2.75, 3.05) is 13.2 Å². The van der Waals surface area contributed by atoms with Gasteiger partial charge in [0.25, 0.3) is 0 Å². The van der Waals surface area contributed by atoms with E-state index in [9.17, 15) is 14.4 Å². The predicted molar refractivity (Wildman–Crippen MR) is 150 cm³/mol. The minimum absolute atomic E-state index is 0.00545. The molecule has 3 aromatic rings. The van der Waals surface area contributed by atoms with E-state index in [4.69, 9.17) is 18.6 Å². The number of alkyl halides is 1. The normalized spacial score (nSPS) is 19.2. The van der Waals surface area contributed by atoms with Gasteiger partial charge in [-0.15, -0.1) is 0 Å². The second-order valence-electron chi connectivity index (χ2n) is 9.10. The summed E-state index contributed by atoms with van der Waals surface area (Å²) >= 11 is 2.33. The van der Waals surface area contributed by atoms with Crippen LogP contribution in [-0.2, 0) is 28.2 Å². The zero-order chi connectivity index (χ0) is 27.0. The third-order valence-electron chi connectivity index (χ3n) is 6.92. The van der Waals surface area contributed by atoms with Crippen LogP contribution in [0.4, 0.5) is 4.79 Å². The van der Waals surface area contributed by atoms with Gasteiger partial charge in [-0.3, -0.25) is 4.79 Å². The Morgan fingerprint density at radius 2 is 1.89 bits per heavy atom.